The molecule has 1 aromatic rings. The van der Waals surface area contributed by atoms with Gasteiger partial charge in [-0.25, -0.2) is 0 Å². The lowest BCUT2D eigenvalue weighted by molar-refractivity contribution is -0.125. The number of hydrogen-bond acceptors (Lipinski definition) is 4. The fraction of sp³-hybridized carbons (Fsp3) is 0.667. The van der Waals surface area contributed by atoms with Crippen LogP contribution in [-0.2, 0) is 4.79 Å². The van der Waals surface area contributed by atoms with E-state index in [1.54, 1.807) is 6.26 Å². The lowest BCUT2D eigenvalue weighted by Crippen LogP contribution is -2.51. The number of amides is 1. The van der Waals surface area contributed by atoms with Gasteiger partial charge >= 0.3 is 0 Å². The summed E-state index contributed by atoms with van der Waals surface area (Å²) in [6.45, 7) is 3.62. The standard InChI is InChI=1S/C15H25N3O2/c1-11-6-4-8-16-14(11)15(19)17-10-12(18(2)3)13-7-5-9-20-13/h5,7,9,11-12,14,16H,4,6,8,10H2,1-3H3,(H,17,19). The van der Waals surface area contributed by atoms with Crippen molar-refractivity contribution in [1.29, 1.82) is 0 Å². The zero-order chi connectivity index (χ0) is 14.5. The molecule has 2 heterocycles. The van der Waals surface area contributed by atoms with E-state index >= 15 is 0 Å². The maximum absolute atomic E-state index is 12.3. The summed E-state index contributed by atoms with van der Waals surface area (Å²) in [6.07, 6.45) is 3.93. The molecule has 1 saturated heterocycles. The first-order valence-electron chi connectivity index (χ1n) is 7.30. The first-order valence-corrected chi connectivity index (χ1v) is 7.30. The highest BCUT2D eigenvalue weighted by Crippen LogP contribution is 2.19. The lowest BCUT2D eigenvalue weighted by Gasteiger charge is -2.30. The van der Waals surface area contributed by atoms with E-state index in [9.17, 15) is 4.79 Å². The quantitative estimate of drug-likeness (QED) is 0.855. The molecule has 112 valence electrons. The van der Waals surface area contributed by atoms with Crippen molar-refractivity contribution in [3.63, 3.8) is 0 Å². The average molecular weight is 279 g/mol. The Hall–Kier alpha value is -1.33. The zero-order valence-corrected chi connectivity index (χ0v) is 12.6. The number of rotatable bonds is 5. The molecular formula is C15H25N3O2. The molecule has 5 heteroatoms. The second-order valence-electron chi connectivity index (χ2n) is 5.79. The number of furan rings is 1. The van der Waals surface area contributed by atoms with E-state index < -0.39 is 0 Å². The molecule has 1 amide bonds. The highest BCUT2D eigenvalue weighted by Gasteiger charge is 2.28. The molecule has 2 N–H and O–H groups in total. The molecule has 3 atom stereocenters. The normalized spacial score (nSPS) is 24.6. The van der Waals surface area contributed by atoms with Gasteiger partial charge in [0.25, 0.3) is 0 Å². The lowest BCUT2D eigenvalue weighted by atomic mass is 9.92. The number of carbonyl (C=O) groups is 1. The topological polar surface area (TPSA) is 57.5 Å². The van der Waals surface area contributed by atoms with Crippen molar-refractivity contribution in [3.8, 4) is 0 Å². The second-order valence-corrected chi connectivity index (χ2v) is 5.79. The molecule has 2 rings (SSSR count). The van der Waals surface area contributed by atoms with E-state index in [0.29, 0.717) is 12.5 Å². The van der Waals surface area contributed by atoms with Crippen molar-refractivity contribution in [2.45, 2.75) is 31.8 Å². The van der Waals surface area contributed by atoms with Crippen LogP contribution in [0.3, 0.4) is 0 Å². The van der Waals surface area contributed by atoms with Gasteiger partial charge < -0.3 is 15.1 Å². The second kappa shape index (κ2) is 6.90. The van der Waals surface area contributed by atoms with Gasteiger partial charge in [-0.05, 0) is 51.5 Å². The van der Waals surface area contributed by atoms with Gasteiger partial charge in [0, 0.05) is 6.54 Å². The molecule has 0 radical (unpaired) electrons. The van der Waals surface area contributed by atoms with Gasteiger partial charge in [-0.3, -0.25) is 9.69 Å². The Morgan fingerprint density at radius 3 is 3.00 bits per heavy atom. The highest BCUT2D eigenvalue weighted by atomic mass is 16.3. The fourth-order valence-electron chi connectivity index (χ4n) is 2.73. The number of piperidine rings is 1. The maximum Gasteiger partial charge on any atom is 0.237 e. The Bertz CT molecular complexity index is 417. The third-order valence-electron chi connectivity index (χ3n) is 4.02. The molecule has 1 aliphatic heterocycles. The van der Waals surface area contributed by atoms with E-state index in [-0.39, 0.29) is 18.0 Å². The van der Waals surface area contributed by atoms with Crippen LogP contribution in [0.2, 0.25) is 0 Å². The van der Waals surface area contributed by atoms with E-state index in [2.05, 4.69) is 22.5 Å². The largest absolute Gasteiger partial charge is 0.468 e. The van der Waals surface area contributed by atoms with Gasteiger partial charge in [0.2, 0.25) is 5.91 Å². The van der Waals surface area contributed by atoms with E-state index in [1.165, 1.54) is 0 Å². The average Bonchev–Trinajstić information content (AvgIpc) is 2.92. The van der Waals surface area contributed by atoms with Crippen LogP contribution in [0.25, 0.3) is 0 Å². The van der Waals surface area contributed by atoms with Crippen molar-refractivity contribution in [1.82, 2.24) is 15.5 Å². The van der Waals surface area contributed by atoms with Gasteiger partial charge in [-0.2, -0.15) is 0 Å². The van der Waals surface area contributed by atoms with Crippen LogP contribution in [0.15, 0.2) is 22.8 Å². The van der Waals surface area contributed by atoms with E-state index in [4.69, 9.17) is 4.42 Å². The van der Waals surface area contributed by atoms with Gasteiger partial charge in [0.15, 0.2) is 0 Å². The smallest absolute Gasteiger partial charge is 0.237 e. The highest BCUT2D eigenvalue weighted by molar-refractivity contribution is 5.82. The van der Waals surface area contributed by atoms with Crippen molar-refractivity contribution in [3.05, 3.63) is 24.2 Å². The van der Waals surface area contributed by atoms with E-state index in [0.717, 1.165) is 25.1 Å². The molecular weight excluding hydrogens is 254 g/mol. The molecule has 0 spiro atoms. The number of nitrogens with zero attached hydrogens (tertiary/aromatic N) is 1. The number of nitrogens with one attached hydrogen (secondary N) is 2. The molecule has 0 bridgehead atoms. The molecule has 1 fully saturated rings. The van der Waals surface area contributed by atoms with Crippen LogP contribution in [0.1, 0.15) is 31.6 Å². The van der Waals surface area contributed by atoms with Gasteiger partial charge in [0.05, 0.1) is 18.3 Å². The summed E-state index contributed by atoms with van der Waals surface area (Å²) >= 11 is 0. The number of hydrogen-bond donors (Lipinski definition) is 2. The van der Waals surface area contributed by atoms with Crippen LogP contribution in [0.4, 0.5) is 0 Å². The third kappa shape index (κ3) is 3.61. The summed E-state index contributed by atoms with van der Waals surface area (Å²) in [6, 6.07) is 3.81. The van der Waals surface area contributed by atoms with Crippen molar-refractivity contribution >= 4 is 5.91 Å². The molecule has 0 saturated carbocycles. The van der Waals surface area contributed by atoms with Crippen LogP contribution >= 0.6 is 0 Å². The molecule has 5 nitrogen and oxygen atoms in total. The Labute approximate surface area is 120 Å². The molecule has 20 heavy (non-hydrogen) atoms. The Morgan fingerprint density at radius 1 is 1.60 bits per heavy atom. The van der Waals surface area contributed by atoms with E-state index in [1.807, 2.05) is 26.2 Å². The zero-order valence-electron chi connectivity index (χ0n) is 12.6. The Morgan fingerprint density at radius 2 is 2.40 bits per heavy atom. The van der Waals surface area contributed by atoms with Gasteiger partial charge in [-0.15, -0.1) is 0 Å². The van der Waals surface area contributed by atoms with Crippen molar-refractivity contribution < 1.29 is 9.21 Å². The van der Waals surface area contributed by atoms with Crippen LogP contribution in [0, 0.1) is 5.92 Å². The Kier molecular flexibility index (Phi) is 5.20. The van der Waals surface area contributed by atoms with Gasteiger partial charge in [-0.1, -0.05) is 6.92 Å². The predicted octanol–water partition coefficient (Wildman–Crippen LogP) is 1.39. The summed E-state index contributed by atoms with van der Waals surface area (Å²) in [5.41, 5.74) is 0. The Balaban J connectivity index is 1.90. The van der Waals surface area contributed by atoms with Crippen molar-refractivity contribution in [2.24, 2.45) is 5.92 Å². The summed E-state index contributed by atoms with van der Waals surface area (Å²) in [5.74, 6) is 1.36. The number of carbonyl (C=O) groups excluding carboxylic acids is 1. The fourth-order valence-corrected chi connectivity index (χ4v) is 2.73. The molecule has 0 aromatic carbocycles. The van der Waals surface area contributed by atoms with Crippen LogP contribution in [0.5, 0.6) is 0 Å². The summed E-state index contributed by atoms with van der Waals surface area (Å²) in [4.78, 5) is 14.3. The molecule has 1 aromatic heterocycles. The number of likely N-dealkylation sites (N-methyl/N-ethyl adjacent to an activating group) is 1. The van der Waals surface area contributed by atoms with Crippen LogP contribution < -0.4 is 10.6 Å². The van der Waals surface area contributed by atoms with Crippen LogP contribution in [-0.4, -0.2) is 44.0 Å². The van der Waals surface area contributed by atoms with Crippen molar-refractivity contribution in [2.75, 3.05) is 27.2 Å². The summed E-state index contributed by atoms with van der Waals surface area (Å²) < 4.78 is 5.45. The first-order chi connectivity index (χ1) is 9.59. The minimum Gasteiger partial charge on any atom is -0.468 e. The molecule has 0 aliphatic carbocycles. The third-order valence-corrected chi connectivity index (χ3v) is 4.02. The predicted molar refractivity (Wildman–Crippen MR) is 78.3 cm³/mol. The summed E-state index contributed by atoms with van der Waals surface area (Å²) in [5, 5.41) is 6.36. The SMILES string of the molecule is CC1CCCNC1C(=O)NCC(c1ccco1)N(C)C. The monoisotopic (exact) mass is 279 g/mol. The maximum atomic E-state index is 12.3. The minimum absolute atomic E-state index is 0.0628. The minimum atomic E-state index is -0.0665. The first kappa shape index (κ1) is 15.1. The van der Waals surface area contributed by atoms with Gasteiger partial charge in [0.1, 0.15) is 5.76 Å². The molecule has 3 unspecified atom stereocenters. The molecule has 1 aliphatic rings. The summed E-state index contributed by atoms with van der Waals surface area (Å²) in [7, 11) is 3.97.